The summed E-state index contributed by atoms with van der Waals surface area (Å²) in [4.78, 5) is 21.1. The Balaban J connectivity index is -0.000000105. The van der Waals surface area contributed by atoms with E-state index in [9.17, 15) is 9.59 Å². The third-order valence-electron chi connectivity index (χ3n) is 2.30. The molecule has 0 aromatic carbocycles. The van der Waals surface area contributed by atoms with Gasteiger partial charge in [0.05, 0.1) is 13.2 Å². The van der Waals surface area contributed by atoms with E-state index >= 15 is 0 Å². The van der Waals surface area contributed by atoms with Crippen LogP contribution in [0.15, 0.2) is 0 Å². The number of carboxylic acids is 1. The van der Waals surface area contributed by atoms with Crippen LogP contribution in [0, 0.1) is 0 Å². The molecular weight excluding hydrogens is 590 g/mol. The zero-order chi connectivity index (χ0) is 16.3. The molecule has 3 radical (unpaired) electrons. The van der Waals surface area contributed by atoms with Crippen molar-refractivity contribution in [3.8, 4) is 0 Å². The van der Waals surface area contributed by atoms with E-state index in [1.54, 1.807) is 0 Å². The molecule has 0 unspecified atom stereocenters. The molecule has 0 aliphatic carbocycles. The Morgan fingerprint density at radius 3 is 1.83 bits per heavy atom. The zero-order valence-electron chi connectivity index (χ0n) is 13.6. The first kappa shape index (κ1) is 36.0. The van der Waals surface area contributed by atoms with Crippen molar-refractivity contribution in [1.82, 2.24) is 10.6 Å². The molecule has 145 valence electrons. The van der Waals surface area contributed by atoms with Crippen LogP contribution in [-0.2, 0) is 79.4 Å². The number of aliphatic hydroxyl groups is 2. The number of nitrogens with one attached hydrogen (secondary N) is 2. The van der Waals surface area contributed by atoms with Gasteiger partial charge in [-0.05, 0) is 12.8 Å². The molecule has 0 rings (SSSR count). The van der Waals surface area contributed by atoms with Crippen LogP contribution >= 0.6 is 0 Å². The molecule has 0 bridgehead atoms. The van der Waals surface area contributed by atoms with Gasteiger partial charge in [0.2, 0.25) is 5.91 Å². The SMILES string of the molecule is O=C(O)CCCCCNC(=O)CC[S-].OCCNCCO.[Ir].[V].[V]. The summed E-state index contributed by atoms with van der Waals surface area (Å²) in [6.45, 7) is 2.04. The molecule has 0 fully saturated rings. The molecule has 0 heterocycles. The van der Waals surface area contributed by atoms with Crippen molar-refractivity contribution >= 4 is 24.5 Å². The Labute approximate surface area is 187 Å². The average Bonchev–Trinajstić information content (AvgIpc) is 2.44. The van der Waals surface area contributed by atoms with Crippen LogP contribution in [-0.4, -0.2) is 65.8 Å². The Morgan fingerprint density at radius 2 is 1.42 bits per heavy atom. The monoisotopic (exact) mass is 618 g/mol. The number of carbonyl (C=O) groups excluding carboxylic acids is 1. The molecule has 0 aromatic heterocycles. The second-order valence-electron chi connectivity index (χ2n) is 4.21. The maximum atomic E-state index is 10.9. The van der Waals surface area contributed by atoms with E-state index in [2.05, 4.69) is 23.3 Å². The van der Waals surface area contributed by atoms with Gasteiger partial charge < -0.3 is 38.6 Å². The number of hydrogen-bond acceptors (Lipinski definition) is 6. The van der Waals surface area contributed by atoms with Gasteiger partial charge in [-0.25, -0.2) is 0 Å². The number of aliphatic hydroxyl groups excluding tert-OH is 2. The van der Waals surface area contributed by atoms with Gasteiger partial charge in [-0.3, -0.25) is 9.59 Å². The van der Waals surface area contributed by atoms with E-state index in [4.69, 9.17) is 15.3 Å². The van der Waals surface area contributed by atoms with Gasteiger partial charge in [0.25, 0.3) is 0 Å². The van der Waals surface area contributed by atoms with Crippen molar-refractivity contribution < 1.29 is 82.1 Å². The van der Waals surface area contributed by atoms with Gasteiger partial charge in [0, 0.05) is 89.7 Å². The summed E-state index contributed by atoms with van der Waals surface area (Å²) in [5.74, 6) is -0.330. The van der Waals surface area contributed by atoms with Crippen LogP contribution in [0.1, 0.15) is 32.1 Å². The van der Waals surface area contributed by atoms with Gasteiger partial charge in [0.15, 0.2) is 0 Å². The first-order valence-corrected chi connectivity index (χ1v) is 7.65. The van der Waals surface area contributed by atoms with Gasteiger partial charge in [-0.15, -0.1) is 0 Å². The summed E-state index contributed by atoms with van der Waals surface area (Å²) in [5.41, 5.74) is 0. The van der Waals surface area contributed by atoms with Crippen LogP contribution < -0.4 is 10.6 Å². The number of rotatable bonds is 12. The summed E-state index contributed by atoms with van der Waals surface area (Å²) in [5, 5.41) is 30.1. The minimum absolute atomic E-state index is 0. The molecule has 0 aromatic rings. The quantitative estimate of drug-likeness (QED) is 0.144. The topological polar surface area (TPSA) is 119 Å². The molecule has 0 aliphatic heterocycles. The maximum Gasteiger partial charge on any atom is 0.303 e. The normalized spacial score (nSPS) is 8.46. The summed E-state index contributed by atoms with van der Waals surface area (Å²) >= 11 is 4.65. The number of amides is 1. The van der Waals surface area contributed by atoms with Crippen molar-refractivity contribution in [2.75, 3.05) is 38.6 Å². The first-order chi connectivity index (χ1) is 10.1. The zero-order valence-corrected chi connectivity index (χ0v) is 19.6. The van der Waals surface area contributed by atoms with Crippen LogP contribution in [0.3, 0.4) is 0 Å². The fourth-order valence-electron chi connectivity index (χ4n) is 1.27. The van der Waals surface area contributed by atoms with Crippen LogP contribution in [0.4, 0.5) is 0 Å². The largest absolute Gasteiger partial charge is 0.792 e. The Kier molecular flexibility index (Phi) is 47.6. The van der Waals surface area contributed by atoms with Crippen molar-refractivity contribution in [2.45, 2.75) is 32.1 Å². The van der Waals surface area contributed by atoms with Crippen molar-refractivity contribution in [3.05, 3.63) is 0 Å². The van der Waals surface area contributed by atoms with Crippen molar-refractivity contribution in [1.29, 1.82) is 0 Å². The molecule has 24 heavy (non-hydrogen) atoms. The van der Waals surface area contributed by atoms with E-state index in [1.807, 2.05) is 0 Å². The second-order valence-corrected chi connectivity index (χ2v) is 4.61. The molecule has 1 amide bonds. The third-order valence-corrected chi connectivity index (χ3v) is 2.50. The molecule has 7 nitrogen and oxygen atoms in total. The van der Waals surface area contributed by atoms with E-state index < -0.39 is 5.97 Å². The van der Waals surface area contributed by atoms with Crippen LogP contribution in [0.5, 0.6) is 0 Å². The van der Waals surface area contributed by atoms with Gasteiger partial charge in [-0.2, -0.15) is 5.75 Å². The summed E-state index contributed by atoms with van der Waals surface area (Å²) < 4.78 is 0. The molecular formula is C13H27IrN2O5SV2-. The molecule has 0 spiro atoms. The number of carboxylic acid groups (broad SMARTS) is 1. The summed E-state index contributed by atoms with van der Waals surface area (Å²) in [6, 6.07) is 0. The Morgan fingerprint density at radius 1 is 0.875 bits per heavy atom. The summed E-state index contributed by atoms with van der Waals surface area (Å²) in [6.07, 6.45) is 2.94. The van der Waals surface area contributed by atoms with Gasteiger partial charge in [0.1, 0.15) is 0 Å². The fourth-order valence-corrected chi connectivity index (χ4v) is 1.46. The summed E-state index contributed by atoms with van der Waals surface area (Å²) in [7, 11) is 0. The minimum Gasteiger partial charge on any atom is -0.792 e. The number of carbonyl (C=O) groups is 2. The number of unbranched alkanes of at least 4 members (excludes halogenated alkanes) is 2. The van der Waals surface area contributed by atoms with E-state index in [1.165, 1.54) is 0 Å². The van der Waals surface area contributed by atoms with Crippen LogP contribution in [0.2, 0.25) is 0 Å². The Bertz CT molecular complexity index is 267. The van der Waals surface area contributed by atoms with E-state index in [0.717, 1.165) is 12.8 Å². The van der Waals surface area contributed by atoms with Crippen molar-refractivity contribution in [3.63, 3.8) is 0 Å². The van der Waals surface area contributed by atoms with E-state index in [0.29, 0.717) is 38.2 Å². The predicted molar refractivity (Wildman–Crippen MR) is 83.0 cm³/mol. The predicted octanol–water partition coefficient (Wildman–Crippen LogP) is -0.762. The fraction of sp³-hybridized carbons (Fsp3) is 0.846. The Hall–Kier alpha value is 0.988. The van der Waals surface area contributed by atoms with Gasteiger partial charge in [-0.1, -0.05) is 6.42 Å². The smallest absolute Gasteiger partial charge is 0.303 e. The molecule has 11 heteroatoms. The second kappa shape index (κ2) is 31.7. The molecule has 0 saturated heterocycles. The van der Waals surface area contributed by atoms with Crippen molar-refractivity contribution in [2.24, 2.45) is 0 Å². The molecule has 5 N–H and O–H groups in total. The molecule has 0 saturated carbocycles. The van der Waals surface area contributed by atoms with Crippen LogP contribution in [0.25, 0.3) is 0 Å². The van der Waals surface area contributed by atoms with E-state index in [-0.39, 0.29) is 82.8 Å². The number of hydrogen-bond donors (Lipinski definition) is 5. The third kappa shape index (κ3) is 38.5. The first-order valence-electron chi connectivity index (χ1n) is 7.07. The molecule has 0 atom stereocenters. The number of aliphatic carboxylic acids is 1. The maximum absolute atomic E-state index is 10.9. The average molecular weight is 618 g/mol. The minimum atomic E-state index is -0.764. The molecule has 0 aliphatic rings. The van der Waals surface area contributed by atoms with Gasteiger partial charge >= 0.3 is 5.97 Å². The standard InChI is InChI=1S/C9H17NO3S.C4H11NO2.Ir.2V/c11-8(5-7-14)10-6-3-1-2-4-9(12)13;6-3-1-5-2-4-7;;;/h14H,1-7H2,(H,10,11)(H,12,13);5-7H,1-4H2;;;/p-1.